The molecule has 130 heavy (non-hydrogen) atoms. The highest BCUT2D eigenvalue weighted by molar-refractivity contribution is 7.81. The monoisotopic (exact) mass is 1830 g/mol. The number of aromatic hydroxyl groups is 8. The molecule has 28 heteroatoms. The molecule has 4 heterocycles. The van der Waals surface area contributed by atoms with E-state index in [-0.39, 0.29) is 118 Å². The van der Waals surface area contributed by atoms with Crippen LogP contribution in [0.15, 0.2) is 315 Å². The van der Waals surface area contributed by atoms with Crippen LogP contribution in [0.1, 0.15) is 144 Å². The van der Waals surface area contributed by atoms with Gasteiger partial charge < -0.3 is 102 Å². The van der Waals surface area contributed by atoms with Crippen LogP contribution in [0.5, 0.6) is 46.0 Å². The average Bonchev–Trinajstić information content (AvgIpc) is 1.64. The first-order chi connectivity index (χ1) is 62.7. The third-order valence-corrected chi connectivity index (χ3v) is 24.7. The van der Waals surface area contributed by atoms with Crippen molar-refractivity contribution < 1.29 is 78.8 Å². The van der Waals surface area contributed by atoms with Gasteiger partial charge in [0, 0.05) is 63.2 Å². The van der Waals surface area contributed by atoms with E-state index >= 15 is 0 Å². The van der Waals surface area contributed by atoms with Crippen molar-refractivity contribution in [2.45, 2.75) is 124 Å². The van der Waals surface area contributed by atoms with E-state index < -0.39 is 24.4 Å². The minimum absolute atomic E-state index is 0.0238. The maximum atomic E-state index is 13.3. The van der Waals surface area contributed by atoms with E-state index in [1.165, 1.54) is 84.9 Å². The summed E-state index contributed by atoms with van der Waals surface area (Å²) in [5.41, 5.74) is 10.2. The molecule has 4 fully saturated rings. The summed E-state index contributed by atoms with van der Waals surface area (Å²) in [7, 11) is 0. The third-order valence-electron chi connectivity index (χ3n) is 23.4. The molecule has 0 bridgehead atoms. The normalized spacial score (nSPS) is 18.9. The average molecular weight is 1830 g/mol. The van der Waals surface area contributed by atoms with Gasteiger partial charge in [0.05, 0.1) is 72.8 Å². The third kappa shape index (κ3) is 22.5. The van der Waals surface area contributed by atoms with Crippen molar-refractivity contribution in [1.82, 2.24) is 21.3 Å². The lowest BCUT2D eigenvalue weighted by molar-refractivity contribution is 0.159. The molecule has 0 aliphatic carbocycles. The molecule has 0 spiro atoms. The maximum absolute atomic E-state index is 13.3. The standard InChI is InChI=1S/C30H27FN2O3S.3C24H23FN2O3S/c31-22-12-9-19(10-13-22)27(35)16-15-26-29(33(30(37)32-26)23-6-2-1-3-7-23)25-14-11-21(18-28(25)36)20-5-4-8-24(34)17-20;3*25-16-8-6-15(7-9-16)21(29)13-12-20-23(19-11-10-18(28)14-22(19)30)27(24(31)26-20)17-4-2-1-3-5-17/h1-14,17-18,26-27,29,34-36H,15-16H2,(H,32,37);3*1-11,14,20-21,23,28-30H,12-13H2,(H,26,31)/t;20-,21?,23+;20-,21-,23+;/m.00./s1. The lowest BCUT2D eigenvalue weighted by Gasteiger charge is -2.29. The molecule has 7 unspecified atom stereocenters. The summed E-state index contributed by atoms with van der Waals surface area (Å²) >= 11 is 22.6. The number of anilines is 4. The quantitative estimate of drug-likeness (QED) is 0.0187. The number of hydrogen-bond donors (Lipinski definition) is 16. The van der Waals surface area contributed by atoms with Crippen LogP contribution in [-0.4, -0.2) is 106 Å². The molecule has 17 rings (SSSR count). The van der Waals surface area contributed by atoms with Gasteiger partial charge in [-0.1, -0.05) is 146 Å². The van der Waals surface area contributed by atoms with Crippen molar-refractivity contribution in [2.24, 2.45) is 0 Å². The molecule has 0 aromatic heterocycles. The van der Waals surface area contributed by atoms with Crippen LogP contribution in [-0.2, 0) is 0 Å². The highest BCUT2D eigenvalue weighted by Crippen LogP contribution is 2.48. The van der Waals surface area contributed by atoms with Crippen molar-refractivity contribution in [2.75, 3.05) is 19.6 Å². The van der Waals surface area contributed by atoms with Gasteiger partial charge in [-0.25, -0.2) is 17.6 Å². The number of phenolic OH excluding ortho intramolecular Hbond substituents is 8. The second-order valence-electron chi connectivity index (χ2n) is 32.0. The molecule has 0 amide bonds. The molecule has 4 aliphatic heterocycles. The summed E-state index contributed by atoms with van der Waals surface area (Å²) < 4.78 is 52.9. The Balaban J connectivity index is 0.000000140. The number of para-hydroxylation sites is 4. The predicted octanol–water partition coefficient (Wildman–Crippen LogP) is 19.9. The van der Waals surface area contributed by atoms with Gasteiger partial charge in [-0.15, -0.1) is 0 Å². The molecule has 12 atom stereocenters. The number of nitrogens with zero attached hydrogens (tertiary/aromatic N) is 4. The molecule has 668 valence electrons. The van der Waals surface area contributed by atoms with E-state index in [0.29, 0.717) is 116 Å². The number of aliphatic hydroxyl groups excluding tert-OH is 4. The van der Waals surface area contributed by atoms with Crippen molar-refractivity contribution >= 4 is 92.1 Å². The van der Waals surface area contributed by atoms with Crippen LogP contribution < -0.4 is 40.9 Å². The van der Waals surface area contributed by atoms with E-state index in [9.17, 15) is 78.8 Å². The minimum atomic E-state index is -0.760. The molecule has 16 N–H and O–H groups in total. The van der Waals surface area contributed by atoms with Crippen LogP contribution in [0, 0.1) is 23.3 Å². The summed E-state index contributed by atoms with van der Waals surface area (Å²) in [5.74, 6) is -1.27. The highest BCUT2D eigenvalue weighted by atomic mass is 32.1. The van der Waals surface area contributed by atoms with Gasteiger partial charge in [0.15, 0.2) is 20.4 Å². The Hall–Kier alpha value is -13.4. The fourth-order valence-corrected chi connectivity index (χ4v) is 18.5. The first-order valence-corrected chi connectivity index (χ1v) is 43.9. The molecule has 0 saturated carbocycles. The Bertz CT molecular complexity index is 5640. The van der Waals surface area contributed by atoms with E-state index in [1.54, 1.807) is 91.0 Å². The van der Waals surface area contributed by atoms with E-state index in [2.05, 4.69) is 21.3 Å². The molecule has 13 aromatic carbocycles. The van der Waals surface area contributed by atoms with Crippen LogP contribution in [0.4, 0.5) is 40.3 Å². The Morgan fingerprint density at radius 3 is 0.700 bits per heavy atom. The number of aliphatic hydroxyl groups is 4. The molecule has 20 nitrogen and oxygen atoms in total. The minimum Gasteiger partial charge on any atom is -0.508 e. The summed E-state index contributed by atoms with van der Waals surface area (Å²) in [6.45, 7) is 0. The fourth-order valence-electron chi connectivity index (χ4n) is 17.0. The van der Waals surface area contributed by atoms with Crippen LogP contribution >= 0.6 is 48.9 Å². The van der Waals surface area contributed by atoms with Crippen molar-refractivity contribution in [3.05, 3.63) is 383 Å². The lowest BCUT2D eigenvalue weighted by Crippen LogP contribution is -2.29. The van der Waals surface area contributed by atoms with E-state index in [4.69, 9.17) is 48.9 Å². The zero-order valence-electron chi connectivity index (χ0n) is 69.9. The van der Waals surface area contributed by atoms with Gasteiger partial charge in [0.2, 0.25) is 0 Å². The van der Waals surface area contributed by atoms with Crippen molar-refractivity contribution in [1.29, 1.82) is 0 Å². The molecular formula is C102H96F4N8O12S4. The molecule has 13 aromatic rings. The number of phenols is 8. The zero-order valence-corrected chi connectivity index (χ0v) is 73.2. The highest BCUT2D eigenvalue weighted by Gasteiger charge is 2.45. The topological polar surface area (TPSA) is 304 Å². The molecular weight excluding hydrogens is 1730 g/mol. The molecule has 0 radical (unpaired) electrons. The smallest absolute Gasteiger partial charge is 0.174 e. The van der Waals surface area contributed by atoms with Gasteiger partial charge in [-0.3, -0.25) is 0 Å². The Kier molecular flexibility index (Phi) is 30.4. The number of rotatable bonds is 25. The van der Waals surface area contributed by atoms with E-state index in [1.807, 2.05) is 159 Å². The summed E-state index contributed by atoms with van der Waals surface area (Å²) in [6.07, 6.45) is 0.865. The first kappa shape index (κ1) is 92.7. The SMILES string of the molecule is Oc1ccc(C2C(CCC(O)c3ccc(F)cc3)NC(=S)N2c2ccccc2)c(O)c1.Oc1ccc([C@@H]2[C@H](CCC(O)c3ccc(F)cc3)NC(=S)N2c2ccccc2)c(O)c1.Oc1ccc([C@@H]2[C@H](CC[C@H](O)c3ccc(F)cc3)NC(=S)N2c2ccccc2)c(O)c1.Oc1cccc(-c2ccc(C3C(CCC(O)c4ccc(F)cc4)NC(=S)N3c3ccccc3)c(O)c2)c1. The lowest BCUT2D eigenvalue weighted by atomic mass is 9.91. The van der Waals surface area contributed by atoms with Crippen molar-refractivity contribution in [3.8, 4) is 57.1 Å². The van der Waals surface area contributed by atoms with Gasteiger partial charge in [0.1, 0.15) is 69.3 Å². The largest absolute Gasteiger partial charge is 0.508 e. The first-order valence-electron chi connectivity index (χ1n) is 42.2. The van der Waals surface area contributed by atoms with Gasteiger partial charge in [0.25, 0.3) is 0 Å². The summed E-state index contributed by atoms with van der Waals surface area (Å²) in [4.78, 5) is 7.82. The number of halogens is 4. The fraction of sp³-hybridized carbons (Fsp3) is 0.196. The van der Waals surface area contributed by atoms with E-state index in [0.717, 1.165) is 33.9 Å². The van der Waals surface area contributed by atoms with Crippen LogP contribution in [0.2, 0.25) is 0 Å². The Morgan fingerprint density at radius 1 is 0.246 bits per heavy atom. The predicted molar refractivity (Wildman–Crippen MR) is 512 cm³/mol. The summed E-state index contributed by atoms with van der Waals surface area (Å²) in [5, 5.41) is 140. The maximum Gasteiger partial charge on any atom is 0.174 e. The number of thiocarbonyl (C=S) groups is 4. The number of hydrogen-bond acceptors (Lipinski definition) is 16. The molecule has 4 saturated heterocycles. The molecule has 4 aliphatic rings. The van der Waals surface area contributed by atoms with Gasteiger partial charge >= 0.3 is 0 Å². The second kappa shape index (κ2) is 42.7. The Morgan fingerprint density at radius 2 is 0.469 bits per heavy atom. The van der Waals surface area contributed by atoms with Crippen LogP contribution in [0.3, 0.4) is 0 Å². The van der Waals surface area contributed by atoms with Crippen molar-refractivity contribution in [3.63, 3.8) is 0 Å². The zero-order chi connectivity index (χ0) is 91.8. The van der Waals surface area contributed by atoms with Crippen LogP contribution in [0.25, 0.3) is 11.1 Å². The van der Waals surface area contributed by atoms with Gasteiger partial charge in [-0.05, 0) is 285 Å². The number of nitrogens with one attached hydrogen (secondary N) is 4. The number of benzene rings is 13. The Labute approximate surface area is 771 Å². The van der Waals surface area contributed by atoms with Gasteiger partial charge in [-0.2, -0.15) is 0 Å². The second-order valence-corrected chi connectivity index (χ2v) is 33.5. The summed E-state index contributed by atoms with van der Waals surface area (Å²) in [6, 6.07) is 85.7.